The number of nitrogens with zero attached hydrogens (tertiary/aromatic N) is 1. The van der Waals surface area contributed by atoms with Gasteiger partial charge in [0.05, 0.1) is 5.02 Å². The van der Waals surface area contributed by atoms with Crippen molar-refractivity contribution in [2.24, 2.45) is 0 Å². The molecule has 0 saturated carbocycles. The molecule has 0 radical (unpaired) electrons. The molecular weight excluding hydrogens is 300 g/mol. The molecule has 13 heavy (non-hydrogen) atoms. The first-order valence-electron chi connectivity index (χ1n) is 3.69. The quantitative estimate of drug-likeness (QED) is 0.730. The van der Waals surface area contributed by atoms with E-state index < -0.39 is 0 Å². The Bertz CT molecular complexity index is 338. The summed E-state index contributed by atoms with van der Waals surface area (Å²) < 4.78 is 0.895. The molecule has 0 aliphatic heterocycles. The number of rotatable bonds is 1. The van der Waals surface area contributed by atoms with Crippen LogP contribution in [0.25, 0.3) is 0 Å². The Kier molecular flexibility index (Phi) is 3.55. The molecular formula is C9H9ClINO. The minimum atomic E-state index is -0.00502. The van der Waals surface area contributed by atoms with E-state index in [-0.39, 0.29) is 5.91 Å². The molecule has 0 unspecified atom stereocenters. The average molecular weight is 310 g/mol. The van der Waals surface area contributed by atoms with E-state index in [1.165, 1.54) is 0 Å². The highest BCUT2D eigenvalue weighted by molar-refractivity contribution is 14.1. The zero-order valence-corrected chi connectivity index (χ0v) is 10.3. The lowest BCUT2D eigenvalue weighted by Crippen LogP contribution is -2.21. The maximum absolute atomic E-state index is 11.5. The van der Waals surface area contributed by atoms with E-state index in [9.17, 15) is 4.79 Å². The summed E-state index contributed by atoms with van der Waals surface area (Å²) in [7, 11) is 3.45. The largest absolute Gasteiger partial charge is 0.345 e. The average Bonchev–Trinajstić information content (AvgIpc) is 2.08. The lowest BCUT2D eigenvalue weighted by atomic mass is 10.2. The molecule has 0 N–H and O–H groups in total. The lowest BCUT2D eigenvalue weighted by molar-refractivity contribution is 0.0827. The number of benzene rings is 1. The van der Waals surface area contributed by atoms with E-state index in [0.29, 0.717) is 10.6 Å². The maximum atomic E-state index is 11.5. The Hall–Kier alpha value is -0.290. The van der Waals surface area contributed by atoms with Crippen LogP contribution >= 0.6 is 34.2 Å². The van der Waals surface area contributed by atoms with Gasteiger partial charge in [0, 0.05) is 23.2 Å². The van der Waals surface area contributed by atoms with Crippen molar-refractivity contribution < 1.29 is 4.79 Å². The summed E-state index contributed by atoms with van der Waals surface area (Å²) in [5, 5.41) is 0.677. The first-order valence-corrected chi connectivity index (χ1v) is 5.14. The van der Waals surface area contributed by atoms with Crippen LogP contribution in [0.4, 0.5) is 0 Å². The van der Waals surface area contributed by atoms with Crippen molar-refractivity contribution in [3.05, 3.63) is 32.4 Å². The first kappa shape index (κ1) is 10.8. The van der Waals surface area contributed by atoms with E-state index in [0.717, 1.165) is 3.57 Å². The molecule has 1 aromatic carbocycles. The van der Waals surface area contributed by atoms with Gasteiger partial charge in [0.2, 0.25) is 0 Å². The van der Waals surface area contributed by atoms with Crippen molar-refractivity contribution in [2.75, 3.05) is 14.1 Å². The molecule has 0 aliphatic rings. The summed E-state index contributed by atoms with van der Waals surface area (Å²) in [4.78, 5) is 13.0. The van der Waals surface area contributed by atoms with Gasteiger partial charge in [-0.25, -0.2) is 0 Å². The second kappa shape index (κ2) is 4.28. The molecule has 70 valence electrons. The normalized spacial score (nSPS) is 9.85. The highest BCUT2D eigenvalue weighted by Crippen LogP contribution is 2.19. The van der Waals surface area contributed by atoms with Gasteiger partial charge in [-0.15, -0.1) is 0 Å². The number of carbonyl (C=O) groups is 1. The van der Waals surface area contributed by atoms with Gasteiger partial charge in [0.15, 0.2) is 0 Å². The Labute approximate surface area is 96.0 Å². The molecule has 0 fully saturated rings. The van der Waals surface area contributed by atoms with Crippen LogP contribution < -0.4 is 0 Å². The summed E-state index contributed by atoms with van der Waals surface area (Å²) in [6.45, 7) is 0. The van der Waals surface area contributed by atoms with Crippen LogP contribution in [0, 0.1) is 3.57 Å². The van der Waals surface area contributed by atoms with Crippen LogP contribution in [-0.2, 0) is 0 Å². The maximum Gasteiger partial charge on any atom is 0.253 e. The van der Waals surface area contributed by atoms with Crippen LogP contribution in [-0.4, -0.2) is 24.9 Å². The Balaban J connectivity index is 3.04. The molecule has 0 aromatic heterocycles. The highest BCUT2D eigenvalue weighted by atomic mass is 127. The van der Waals surface area contributed by atoms with Crippen molar-refractivity contribution in [1.29, 1.82) is 0 Å². The molecule has 0 atom stereocenters. The second-order valence-electron chi connectivity index (χ2n) is 2.83. The van der Waals surface area contributed by atoms with E-state index in [1.54, 1.807) is 37.2 Å². The van der Waals surface area contributed by atoms with Gasteiger partial charge in [0.25, 0.3) is 5.91 Å². The van der Waals surface area contributed by atoms with Crippen LogP contribution in [0.1, 0.15) is 10.4 Å². The smallest absolute Gasteiger partial charge is 0.253 e. The zero-order valence-electron chi connectivity index (χ0n) is 7.34. The molecule has 4 heteroatoms. The van der Waals surface area contributed by atoms with Gasteiger partial charge in [-0.1, -0.05) is 11.6 Å². The predicted octanol–water partition coefficient (Wildman–Crippen LogP) is 2.65. The third-order valence-corrected chi connectivity index (χ3v) is 3.11. The predicted molar refractivity (Wildman–Crippen MR) is 62.2 cm³/mol. The molecule has 2 nitrogen and oxygen atoms in total. The van der Waals surface area contributed by atoms with Crippen LogP contribution in [0.2, 0.25) is 5.02 Å². The van der Waals surface area contributed by atoms with Crippen molar-refractivity contribution in [3.8, 4) is 0 Å². The molecule has 0 aliphatic carbocycles. The molecule has 0 heterocycles. The van der Waals surface area contributed by atoms with Gasteiger partial charge in [0.1, 0.15) is 0 Å². The Morgan fingerprint density at radius 2 is 2.08 bits per heavy atom. The molecule has 0 bridgehead atoms. The van der Waals surface area contributed by atoms with Crippen LogP contribution in [0.15, 0.2) is 18.2 Å². The van der Waals surface area contributed by atoms with E-state index in [4.69, 9.17) is 11.6 Å². The fourth-order valence-corrected chi connectivity index (χ4v) is 1.52. The summed E-state index contributed by atoms with van der Waals surface area (Å²) in [6.07, 6.45) is 0. The van der Waals surface area contributed by atoms with E-state index in [1.807, 2.05) is 0 Å². The van der Waals surface area contributed by atoms with Gasteiger partial charge in [-0.3, -0.25) is 4.79 Å². The summed E-state index contributed by atoms with van der Waals surface area (Å²) >= 11 is 7.94. The summed E-state index contributed by atoms with van der Waals surface area (Å²) in [5.41, 5.74) is 0.666. The fourth-order valence-electron chi connectivity index (χ4n) is 0.887. The highest BCUT2D eigenvalue weighted by Gasteiger charge is 2.08. The van der Waals surface area contributed by atoms with Crippen molar-refractivity contribution in [1.82, 2.24) is 4.90 Å². The minimum Gasteiger partial charge on any atom is -0.345 e. The van der Waals surface area contributed by atoms with Gasteiger partial charge in [-0.05, 0) is 40.8 Å². The molecule has 0 spiro atoms. The third kappa shape index (κ3) is 2.57. The Morgan fingerprint density at radius 3 is 2.54 bits per heavy atom. The molecule has 1 rings (SSSR count). The Morgan fingerprint density at radius 1 is 1.46 bits per heavy atom. The number of hydrogen-bond donors (Lipinski definition) is 0. The lowest BCUT2D eigenvalue weighted by Gasteiger charge is -2.10. The first-order chi connectivity index (χ1) is 6.02. The SMILES string of the molecule is CN(C)C(=O)c1ccc(Cl)c(I)c1. The number of amides is 1. The number of carbonyl (C=O) groups excluding carboxylic acids is 1. The number of hydrogen-bond acceptors (Lipinski definition) is 1. The van der Waals surface area contributed by atoms with Crippen molar-refractivity contribution in [2.45, 2.75) is 0 Å². The minimum absolute atomic E-state index is 0.00502. The van der Waals surface area contributed by atoms with Gasteiger partial charge in [-0.2, -0.15) is 0 Å². The zero-order chi connectivity index (χ0) is 10.0. The summed E-state index contributed by atoms with van der Waals surface area (Å²) in [6, 6.07) is 5.25. The summed E-state index contributed by atoms with van der Waals surface area (Å²) in [5.74, 6) is -0.00502. The van der Waals surface area contributed by atoms with E-state index >= 15 is 0 Å². The fraction of sp³-hybridized carbons (Fsp3) is 0.222. The molecule has 0 saturated heterocycles. The van der Waals surface area contributed by atoms with Gasteiger partial charge >= 0.3 is 0 Å². The monoisotopic (exact) mass is 309 g/mol. The number of halogens is 2. The molecule has 1 amide bonds. The molecule has 1 aromatic rings. The standard InChI is InChI=1S/C9H9ClINO/c1-12(2)9(13)6-3-4-7(10)8(11)5-6/h3-5H,1-2H3. The van der Waals surface area contributed by atoms with Crippen molar-refractivity contribution >= 4 is 40.1 Å². The van der Waals surface area contributed by atoms with Crippen LogP contribution in [0.5, 0.6) is 0 Å². The van der Waals surface area contributed by atoms with Gasteiger partial charge < -0.3 is 4.90 Å². The topological polar surface area (TPSA) is 20.3 Å². The van der Waals surface area contributed by atoms with Crippen molar-refractivity contribution in [3.63, 3.8) is 0 Å². The third-order valence-electron chi connectivity index (χ3n) is 1.57. The van der Waals surface area contributed by atoms with E-state index in [2.05, 4.69) is 22.6 Å². The second-order valence-corrected chi connectivity index (χ2v) is 4.40. The van der Waals surface area contributed by atoms with Crippen LogP contribution in [0.3, 0.4) is 0 Å².